The minimum Gasteiger partial charge on any atom is -0.491 e. The van der Waals surface area contributed by atoms with E-state index < -0.39 is 23.0 Å². The molecule has 0 aliphatic carbocycles. The third-order valence-corrected chi connectivity index (χ3v) is 5.23. The Bertz CT molecular complexity index is 1370. The Morgan fingerprint density at radius 3 is 2.47 bits per heavy atom. The van der Waals surface area contributed by atoms with Crippen LogP contribution in [0.15, 0.2) is 65.5 Å². The molecule has 0 aliphatic rings. The minimum absolute atomic E-state index is 0.0146. The van der Waals surface area contributed by atoms with E-state index in [9.17, 15) is 19.1 Å². The number of carboxylic acid groups (broad SMARTS) is 1. The van der Waals surface area contributed by atoms with Gasteiger partial charge in [-0.3, -0.25) is 9.13 Å². The molecule has 1 N–H and O–H groups in total. The highest BCUT2D eigenvalue weighted by molar-refractivity contribution is 6.31. The first-order chi connectivity index (χ1) is 15.3. The number of ether oxygens (including phenoxy) is 1. The first-order valence-electron chi connectivity index (χ1n) is 9.95. The molecule has 0 bridgehead atoms. The molecule has 0 unspecified atom stereocenters. The van der Waals surface area contributed by atoms with Crippen LogP contribution in [0, 0.1) is 5.82 Å². The Morgan fingerprint density at radius 2 is 1.81 bits per heavy atom. The third kappa shape index (κ3) is 3.99. The quantitative estimate of drug-likeness (QED) is 0.439. The van der Waals surface area contributed by atoms with Crippen LogP contribution in [0.4, 0.5) is 4.39 Å². The summed E-state index contributed by atoms with van der Waals surface area (Å²) in [6.07, 6.45) is 0.0146. The molecule has 0 saturated heterocycles. The lowest BCUT2D eigenvalue weighted by atomic mass is 10.1. The zero-order valence-electron chi connectivity index (χ0n) is 17.4. The normalized spacial score (nSPS) is 11.3. The summed E-state index contributed by atoms with van der Waals surface area (Å²) in [5.74, 6) is -1.56. The van der Waals surface area contributed by atoms with E-state index in [-0.39, 0.29) is 18.2 Å². The van der Waals surface area contributed by atoms with Gasteiger partial charge in [0.1, 0.15) is 11.6 Å². The van der Waals surface area contributed by atoms with Gasteiger partial charge in [0.15, 0.2) is 0 Å². The van der Waals surface area contributed by atoms with Crippen molar-refractivity contribution < 1.29 is 19.0 Å². The zero-order valence-corrected chi connectivity index (χ0v) is 18.1. The molecule has 3 aromatic carbocycles. The second-order valence-corrected chi connectivity index (χ2v) is 8.02. The highest BCUT2D eigenvalue weighted by Gasteiger charge is 2.19. The summed E-state index contributed by atoms with van der Waals surface area (Å²) < 4.78 is 23.3. The van der Waals surface area contributed by atoms with E-state index in [1.807, 2.05) is 13.8 Å². The maximum absolute atomic E-state index is 14.7. The van der Waals surface area contributed by atoms with Crippen molar-refractivity contribution in [2.75, 3.05) is 0 Å². The molecule has 4 rings (SSSR count). The van der Waals surface area contributed by atoms with Crippen LogP contribution in [-0.4, -0.2) is 26.3 Å². The predicted octanol–water partition coefficient (Wildman–Crippen LogP) is 5.12. The number of rotatable bonds is 6. The standard InChI is InChI=1S/C24H20ClFN2O4/c1-14(2)32-18-9-7-17(8-10-18)28-21-12-16(25)6-11-20(21)27(24(28)31)13-15-4-3-5-19(22(15)26)23(29)30/h3-12,14H,13H2,1-2H3,(H,29,30). The summed E-state index contributed by atoms with van der Waals surface area (Å²) in [7, 11) is 0. The third-order valence-electron chi connectivity index (χ3n) is 5.00. The Hall–Kier alpha value is -3.58. The highest BCUT2D eigenvalue weighted by Crippen LogP contribution is 2.25. The van der Waals surface area contributed by atoms with Gasteiger partial charge in [0.2, 0.25) is 0 Å². The van der Waals surface area contributed by atoms with E-state index in [0.717, 1.165) is 0 Å². The second kappa shape index (κ2) is 8.51. The van der Waals surface area contributed by atoms with E-state index in [0.29, 0.717) is 27.5 Å². The smallest absolute Gasteiger partial charge is 0.338 e. The number of halogens is 2. The lowest BCUT2D eigenvalue weighted by Crippen LogP contribution is -2.24. The molecular formula is C24H20ClFN2O4. The van der Waals surface area contributed by atoms with Gasteiger partial charge < -0.3 is 9.84 Å². The van der Waals surface area contributed by atoms with E-state index in [4.69, 9.17) is 16.3 Å². The number of aromatic nitrogens is 2. The molecule has 0 spiro atoms. The van der Waals surface area contributed by atoms with Gasteiger partial charge in [0.05, 0.1) is 34.9 Å². The summed E-state index contributed by atoms with van der Waals surface area (Å²) in [5.41, 5.74) is 0.943. The molecule has 0 saturated carbocycles. The maximum atomic E-state index is 14.7. The van der Waals surface area contributed by atoms with Crippen LogP contribution in [0.25, 0.3) is 16.7 Å². The predicted molar refractivity (Wildman–Crippen MR) is 121 cm³/mol. The molecule has 0 aliphatic heterocycles. The fourth-order valence-electron chi connectivity index (χ4n) is 3.62. The molecule has 8 heteroatoms. The van der Waals surface area contributed by atoms with Gasteiger partial charge in [-0.25, -0.2) is 14.0 Å². The fourth-order valence-corrected chi connectivity index (χ4v) is 3.78. The van der Waals surface area contributed by atoms with Crippen molar-refractivity contribution in [1.82, 2.24) is 9.13 Å². The Morgan fingerprint density at radius 1 is 1.09 bits per heavy atom. The van der Waals surface area contributed by atoms with E-state index in [1.54, 1.807) is 42.5 Å². The first-order valence-corrected chi connectivity index (χ1v) is 10.3. The summed E-state index contributed by atoms with van der Waals surface area (Å²) >= 11 is 6.19. The summed E-state index contributed by atoms with van der Waals surface area (Å²) in [5, 5.41) is 9.65. The van der Waals surface area contributed by atoms with E-state index in [1.165, 1.54) is 27.3 Å². The van der Waals surface area contributed by atoms with Crippen molar-refractivity contribution in [3.05, 3.63) is 93.1 Å². The Balaban J connectivity index is 1.86. The lowest BCUT2D eigenvalue weighted by Gasteiger charge is -2.10. The van der Waals surface area contributed by atoms with Crippen molar-refractivity contribution in [3.8, 4) is 11.4 Å². The summed E-state index contributed by atoms with van der Waals surface area (Å²) in [6, 6.07) is 16.2. The molecule has 0 fully saturated rings. The number of fused-ring (bicyclic) bond motifs is 1. The second-order valence-electron chi connectivity index (χ2n) is 7.58. The van der Waals surface area contributed by atoms with Crippen LogP contribution in [0.2, 0.25) is 5.02 Å². The SMILES string of the molecule is CC(C)Oc1ccc(-n2c(=O)n(Cc3cccc(C(=O)O)c3F)c3ccc(Cl)cc32)cc1. The number of carbonyl (C=O) groups is 1. The molecule has 0 radical (unpaired) electrons. The number of hydrogen-bond acceptors (Lipinski definition) is 3. The van der Waals surface area contributed by atoms with Gasteiger partial charge in [-0.2, -0.15) is 0 Å². The average Bonchev–Trinajstić information content (AvgIpc) is 3.00. The van der Waals surface area contributed by atoms with Gasteiger partial charge in [0, 0.05) is 10.6 Å². The van der Waals surface area contributed by atoms with Crippen LogP contribution in [0.3, 0.4) is 0 Å². The molecule has 32 heavy (non-hydrogen) atoms. The van der Waals surface area contributed by atoms with Gasteiger partial charge in [-0.05, 0) is 62.4 Å². The van der Waals surface area contributed by atoms with Crippen molar-refractivity contribution >= 4 is 28.6 Å². The topological polar surface area (TPSA) is 73.5 Å². The van der Waals surface area contributed by atoms with Crippen LogP contribution >= 0.6 is 11.6 Å². The van der Waals surface area contributed by atoms with Crippen LogP contribution < -0.4 is 10.4 Å². The van der Waals surface area contributed by atoms with Crippen LogP contribution in [0.1, 0.15) is 29.8 Å². The Kier molecular flexibility index (Phi) is 5.76. The number of hydrogen-bond donors (Lipinski definition) is 1. The molecule has 164 valence electrons. The van der Waals surface area contributed by atoms with Crippen molar-refractivity contribution in [1.29, 1.82) is 0 Å². The summed E-state index contributed by atoms with van der Waals surface area (Å²) in [4.78, 5) is 24.7. The molecular weight excluding hydrogens is 435 g/mol. The zero-order chi connectivity index (χ0) is 23.0. The van der Waals surface area contributed by atoms with Gasteiger partial charge in [-0.15, -0.1) is 0 Å². The van der Waals surface area contributed by atoms with E-state index >= 15 is 0 Å². The van der Waals surface area contributed by atoms with Gasteiger partial charge >= 0.3 is 11.7 Å². The van der Waals surface area contributed by atoms with Crippen LogP contribution in [0.5, 0.6) is 5.75 Å². The van der Waals surface area contributed by atoms with Crippen LogP contribution in [-0.2, 0) is 6.54 Å². The lowest BCUT2D eigenvalue weighted by molar-refractivity contribution is 0.0691. The Labute approximate surface area is 188 Å². The van der Waals surface area contributed by atoms with Gasteiger partial charge in [-0.1, -0.05) is 23.7 Å². The highest BCUT2D eigenvalue weighted by atomic mass is 35.5. The van der Waals surface area contributed by atoms with Gasteiger partial charge in [0.25, 0.3) is 0 Å². The summed E-state index contributed by atoms with van der Waals surface area (Å²) in [6.45, 7) is 3.71. The number of nitrogens with zero attached hydrogens (tertiary/aromatic N) is 2. The molecule has 0 amide bonds. The monoisotopic (exact) mass is 454 g/mol. The first kappa shape index (κ1) is 21.6. The van der Waals surface area contributed by atoms with Crippen molar-refractivity contribution in [2.24, 2.45) is 0 Å². The maximum Gasteiger partial charge on any atom is 0.338 e. The molecule has 1 aromatic heterocycles. The van der Waals surface area contributed by atoms with E-state index in [2.05, 4.69) is 0 Å². The number of carboxylic acids is 1. The fraction of sp³-hybridized carbons (Fsp3) is 0.167. The molecule has 6 nitrogen and oxygen atoms in total. The van der Waals surface area contributed by atoms with Crippen molar-refractivity contribution in [2.45, 2.75) is 26.5 Å². The number of imidazole rings is 1. The minimum atomic E-state index is -1.37. The molecule has 4 aromatic rings. The molecule has 0 atom stereocenters. The largest absolute Gasteiger partial charge is 0.491 e. The van der Waals surface area contributed by atoms with Crippen molar-refractivity contribution in [3.63, 3.8) is 0 Å². The number of benzene rings is 3. The average molecular weight is 455 g/mol. The molecule has 1 heterocycles. The number of aromatic carboxylic acids is 1.